The summed E-state index contributed by atoms with van der Waals surface area (Å²) in [5.41, 5.74) is 1.62. The van der Waals surface area contributed by atoms with Crippen molar-refractivity contribution in [2.45, 2.75) is 52.1 Å². The Balaban J connectivity index is 2.24. The van der Waals surface area contributed by atoms with Gasteiger partial charge in [0.1, 0.15) is 6.04 Å². The van der Waals surface area contributed by atoms with Gasteiger partial charge in [0, 0.05) is 30.3 Å². The Labute approximate surface area is 126 Å². The van der Waals surface area contributed by atoms with E-state index in [0.29, 0.717) is 6.42 Å². The first-order valence-electron chi connectivity index (χ1n) is 7.73. The van der Waals surface area contributed by atoms with Gasteiger partial charge in [0.15, 0.2) is 5.78 Å². The first-order chi connectivity index (χ1) is 10.0. The van der Waals surface area contributed by atoms with Crippen molar-refractivity contribution < 1.29 is 9.59 Å². The molecular weight excluding hydrogens is 264 g/mol. The fraction of sp³-hybridized carbons (Fsp3) is 0.529. The van der Waals surface area contributed by atoms with E-state index in [-0.39, 0.29) is 23.8 Å². The predicted octanol–water partition coefficient (Wildman–Crippen LogP) is 2.77. The van der Waals surface area contributed by atoms with Crippen LogP contribution in [0.1, 0.15) is 50.4 Å². The van der Waals surface area contributed by atoms with Crippen LogP contribution in [-0.2, 0) is 4.79 Å². The van der Waals surface area contributed by atoms with E-state index in [1.807, 2.05) is 38.1 Å². The molecule has 1 heterocycles. The number of Topliss-reactive ketones (excluding diaryl/α,β-unsaturated/α-hetero) is 1. The van der Waals surface area contributed by atoms with E-state index in [1.54, 1.807) is 0 Å². The summed E-state index contributed by atoms with van der Waals surface area (Å²) in [7, 11) is 0. The second-order valence-corrected chi connectivity index (χ2v) is 5.73. The molecule has 0 aliphatic carbocycles. The van der Waals surface area contributed by atoms with Gasteiger partial charge < -0.3 is 10.2 Å². The maximum absolute atomic E-state index is 12.4. The van der Waals surface area contributed by atoms with Crippen LogP contribution >= 0.6 is 0 Å². The first-order valence-corrected chi connectivity index (χ1v) is 7.73. The Morgan fingerprint density at radius 3 is 2.76 bits per heavy atom. The number of benzene rings is 1. The van der Waals surface area contributed by atoms with Crippen molar-refractivity contribution >= 4 is 17.4 Å². The molecule has 114 valence electrons. The lowest BCUT2D eigenvalue weighted by Crippen LogP contribution is -2.48. The van der Waals surface area contributed by atoms with E-state index in [1.165, 1.54) is 0 Å². The number of rotatable bonds is 4. The zero-order valence-electron chi connectivity index (χ0n) is 13.1. The number of hydrogen-bond donors (Lipinski definition) is 1. The van der Waals surface area contributed by atoms with Crippen LogP contribution in [-0.4, -0.2) is 30.3 Å². The van der Waals surface area contributed by atoms with E-state index >= 15 is 0 Å². The Kier molecular flexibility index (Phi) is 4.99. The molecule has 1 aliphatic heterocycles. The van der Waals surface area contributed by atoms with Gasteiger partial charge in [0.25, 0.3) is 0 Å². The molecule has 1 aromatic rings. The van der Waals surface area contributed by atoms with Gasteiger partial charge in [-0.1, -0.05) is 19.1 Å². The number of anilines is 1. The average Bonchev–Trinajstić information content (AvgIpc) is 2.66. The van der Waals surface area contributed by atoms with Gasteiger partial charge in [-0.3, -0.25) is 9.59 Å². The molecule has 2 atom stereocenters. The molecule has 1 aromatic carbocycles. The lowest BCUT2D eigenvalue weighted by molar-refractivity contribution is -0.122. The van der Waals surface area contributed by atoms with Crippen molar-refractivity contribution in [3.63, 3.8) is 0 Å². The van der Waals surface area contributed by atoms with Crippen LogP contribution in [0.5, 0.6) is 0 Å². The van der Waals surface area contributed by atoms with E-state index in [0.717, 1.165) is 30.6 Å². The SMILES string of the molecule is CCC(C)NC(=O)C(C)N1CCCC(=O)c2ccccc21. The molecule has 1 N–H and O–H groups in total. The third-order valence-electron chi connectivity index (χ3n) is 4.16. The summed E-state index contributed by atoms with van der Waals surface area (Å²) in [5.74, 6) is 0.191. The Morgan fingerprint density at radius 1 is 1.33 bits per heavy atom. The minimum absolute atomic E-state index is 0.0218. The molecule has 1 aliphatic rings. The molecular formula is C17H24N2O2. The van der Waals surface area contributed by atoms with Crippen LogP contribution in [0.4, 0.5) is 5.69 Å². The standard InChI is InChI=1S/C17H24N2O2/c1-4-12(2)18-17(21)13(3)19-11-7-10-16(20)14-8-5-6-9-15(14)19/h5-6,8-9,12-13H,4,7,10-11H2,1-3H3,(H,18,21). The van der Waals surface area contributed by atoms with Crippen molar-refractivity contribution in [2.75, 3.05) is 11.4 Å². The largest absolute Gasteiger partial charge is 0.359 e. The Bertz CT molecular complexity index is 527. The summed E-state index contributed by atoms with van der Waals surface area (Å²) in [6, 6.07) is 7.49. The fourth-order valence-electron chi connectivity index (χ4n) is 2.63. The number of fused-ring (bicyclic) bond motifs is 1. The molecule has 2 unspecified atom stereocenters. The van der Waals surface area contributed by atoms with Crippen molar-refractivity contribution in [3.8, 4) is 0 Å². The van der Waals surface area contributed by atoms with Crippen LogP contribution in [0, 0.1) is 0 Å². The zero-order chi connectivity index (χ0) is 15.4. The van der Waals surface area contributed by atoms with Crippen LogP contribution in [0.25, 0.3) is 0 Å². The molecule has 0 saturated carbocycles. The highest BCUT2D eigenvalue weighted by atomic mass is 16.2. The highest BCUT2D eigenvalue weighted by molar-refractivity contribution is 6.02. The second-order valence-electron chi connectivity index (χ2n) is 5.73. The second kappa shape index (κ2) is 6.74. The summed E-state index contributed by atoms with van der Waals surface area (Å²) in [6.45, 7) is 6.70. The number of ketones is 1. The Morgan fingerprint density at radius 2 is 2.05 bits per heavy atom. The number of nitrogens with one attached hydrogen (secondary N) is 1. The van der Waals surface area contributed by atoms with Crippen LogP contribution in [0.15, 0.2) is 24.3 Å². The van der Waals surface area contributed by atoms with Gasteiger partial charge in [-0.15, -0.1) is 0 Å². The lowest BCUT2D eigenvalue weighted by atomic mass is 10.1. The third kappa shape index (κ3) is 3.43. The summed E-state index contributed by atoms with van der Waals surface area (Å²) in [4.78, 5) is 26.6. The number of carbonyl (C=O) groups excluding carboxylic acids is 2. The molecule has 0 aromatic heterocycles. The molecule has 2 rings (SSSR count). The maximum atomic E-state index is 12.4. The summed E-state index contributed by atoms with van der Waals surface area (Å²) < 4.78 is 0. The van der Waals surface area contributed by atoms with Gasteiger partial charge >= 0.3 is 0 Å². The van der Waals surface area contributed by atoms with Gasteiger partial charge in [0.2, 0.25) is 5.91 Å². The van der Waals surface area contributed by atoms with E-state index in [2.05, 4.69) is 17.1 Å². The van der Waals surface area contributed by atoms with E-state index in [9.17, 15) is 9.59 Å². The summed E-state index contributed by atoms with van der Waals surface area (Å²) in [5, 5.41) is 3.02. The van der Waals surface area contributed by atoms with Crippen LogP contribution < -0.4 is 10.2 Å². The molecule has 21 heavy (non-hydrogen) atoms. The minimum atomic E-state index is -0.272. The maximum Gasteiger partial charge on any atom is 0.242 e. The monoisotopic (exact) mass is 288 g/mol. The first kappa shape index (κ1) is 15.5. The molecule has 0 fully saturated rings. The number of carbonyl (C=O) groups is 2. The molecule has 1 amide bonds. The van der Waals surface area contributed by atoms with Crippen LogP contribution in [0.2, 0.25) is 0 Å². The smallest absolute Gasteiger partial charge is 0.242 e. The fourth-order valence-corrected chi connectivity index (χ4v) is 2.63. The minimum Gasteiger partial charge on any atom is -0.359 e. The van der Waals surface area contributed by atoms with E-state index < -0.39 is 0 Å². The number of para-hydroxylation sites is 1. The highest BCUT2D eigenvalue weighted by Gasteiger charge is 2.27. The molecule has 0 saturated heterocycles. The van der Waals surface area contributed by atoms with Gasteiger partial charge in [-0.2, -0.15) is 0 Å². The highest BCUT2D eigenvalue weighted by Crippen LogP contribution is 2.27. The topological polar surface area (TPSA) is 49.4 Å². The van der Waals surface area contributed by atoms with Gasteiger partial charge in [-0.05, 0) is 38.8 Å². The zero-order valence-corrected chi connectivity index (χ0v) is 13.1. The quantitative estimate of drug-likeness (QED) is 0.927. The van der Waals surface area contributed by atoms with Crippen LogP contribution in [0.3, 0.4) is 0 Å². The normalized spacial score (nSPS) is 17.7. The number of nitrogens with zero attached hydrogens (tertiary/aromatic N) is 1. The predicted molar refractivity (Wildman–Crippen MR) is 84.7 cm³/mol. The van der Waals surface area contributed by atoms with Crippen molar-refractivity contribution in [1.82, 2.24) is 5.32 Å². The molecule has 0 bridgehead atoms. The third-order valence-corrected chi connectivity index (χ3v) is 4.16. The molecule has 0 spiro atoms. The summed E-state index contributed by atoms with van der Waals surface area (Å²) >= 11 is 0. The van der Waals surface area contributed by atoms with Gasteiger partial charge in [-0.25, -0.2) is 0 Å². The Hall–Kier alpha value is -1.84. The average molecular weight is 288 g/mol. The summed E-state index contributed by atoms with van der Waals surface area (Å²) in [6.07, 6.45) is 2.25. The van der Waals surface area contributed by atoms with E-state index in [4.69, 9.17) is 0 Å². The molecule has 0 radical (unpaired) electrons. The molecule has 4 heteroatoms. The van der Waals surface area contributed by atoms with Crippen molar-refractivity contribution in [2.24, 2.45) is 0 Å². The lowest BCUT2D eigenvalue weighted by Gasteiger charge is -2.31. The van der Waals surface area contributed by atoms with Gasteiger partial charge in [0.05, 0.1) is 0 Å². The molecule has 4 nitrogen and oxygen atoms in total. The van der Waals surface area contributed by atoms with Crippen molar-refractivity contribution in [1.29, 1.82) is 0 Å². The number of hydrogen-bond acceptors (Lipinski definition) is 3. The number of amides is 1. The van der Waals surface area contributed by atoms with Crippen molar-refractivity contribution in [3.05, 3.63) is 29.8 Å².